The standard InChI is InChI=1S/C12H16N2O3.ClH/c13-6-2-5-11(15)14-9-3-1-4-10-12(9)17-8-7-16-10;/h1,3-4H,2,5-8,13H2,(H,14,15);1H. The maximum atomic E-state index is 11.6. The number of para-hydroxylation sites is 1. The third kappa shape index (κ3) is 3.51. The first kappa shape index (κ1) is 14.6. The molecule has 0 atom stereocenters. The first-order valence-electron chi connectivity index (χ1n) is 5.70. The van der Waals surface area contributed by atoms with E-state index in [1.54, 1.807) is 6.07 Å². The van der Waals surface area contributed by atoms with Gasteiger partial charge in [-0.15, -0.1) is 12.4 Å². The molecule has 0 radical (unpaired) electrons. The topological polar surface area (TPSA) is 73.6 Å². The van der Waals surface area contributed by atoms with Crippen LogP contribution in [0.2, 0.25) is 0 Å². The van der Waals surface area contributed by atoms with Crippen molar-refractivity contribution in [3.63, 3.8) is 0 Å². The molecular weight excluding hydrogens is 256 g/mol. The van der Waals surface area contributed by atoms with E-state index in [9.17, 15) is 4.79 Å². The van der Waals surface area contributed by atoms with Gasteiger partial charge >= 0.3 is 0 Å². The third-order valence-electron chi connectivity index (χ3n) is 2.45. The van der Waals surface area contributed by atoms with E-state index in [0.29, 0.717) is 49.8 Å². The summed E-state index contributed by atoms with van der Waals surface area (Å²) in [6.45, 7) is 1.56. The van der Waals surface area contributed by atoms with Crippen LogP contribution in [-0.2, 0) is 4.79 Å². The van der Waals surface area contributed by atoms with Crippen molar-refractivity contribution < 1.29 is 14.3 Å². The number of hydrogen-bond donors (Lipinski definition) is 2. The van der Waals surface area contributed by atoms with E-state index in [2.05, 4.69) is 5.32 Å². The van der Waals surface area contributed by atoms with E-state index in [4.69, 9.17) is 15.2 Å². The Labute approximate surface area is 112 Å². The molecule has 1 aromatic carbocycles. The summed E-state index contributed by atoms with van der Waals surface area (Å²) in [4.78, 5) is 11.6. The number of fused-ring (bicyclic) bond motifs is 1. The van der Waals surface area contributed by atoms with Gasteiger partial charge in [0.05, 0.1) is 5.69 Å². The number of benzene rings is 1. The summed E-state index contributed by atoms with van der Waals surface area (Å²) in [6.07, 6.45) is 1.10. The lowest BCUT2D eigenvalue weighted by Gasteiger charge is -2.21. The highest BCUT2D eigenvalue weighted by atomic mass is 35.5. The average Bonchev–Trinajstić information content (AvgIpc) is 2.37. The van der Waals surface area contributed by atoms with E-state index >= 15 is 0 Å². The smallest absolute Gasteiger partial charge is 0.224 e. The van der Waals surface area contributed by atoms with Gasteiger partial charge in [0.15, 0.2) is 11.5 Å². The lowest BCUT2D eigenvalue weighted by atomic mass is 10.2. The van der Waals surface area contributed by atoms with Crippen LogP contribution >= 0.6 is 12.4 Å². The number of amides is 1. The molecule has 0 bridgehead atoms. The van der Waals surface area contributed by atoms with Crippen molar-refractivity contribution in [1.29, 1.82) is 0 Å². The van der Waals surface area contributed by atoms with Crippen LogP contribution in [0.3, 0.4) is 0 Å². The number of anilines is 1. The number of rotatable bonds is 4. The van der Waals surface area contributed by atoms with Crippen molar-refractivity contribution in [2.75, 3.05) is 25.1 Å². The van der Waals surface area contributed by atoms with Gasteiger partial charge in [0, 0.05) is 6.42 Å². The van der Waals surface area contributed by atoms with Crippen molar-refractivity contribution in [3.8, 4) is 11.5 Å². The fraction of sp³-hybridized carbons (Fsp3) is 0.417. The lowest BCUT2D eigenvalue weighted by Crippen LogP contribution is -2.19. The van der Waals surface area contributed by atoms with E-state index in [-0.39, 0.29) is 18.3 Å². The third-order valence-corrected chi connectivity index (χ3v) is 2.45. The van der Waals surface area contributed by atoms with Gasteiger partial charge in [-0.1, -0.05) is 6.07 Å². The largest absolute Gasteiger partial charge is 0.486 e. The molecule has 1 aromatic rings. The second kappa shape index (κ2) is 7.08. The molecule has 1 aliphatic rings. The first-order valence-corrected chi connectivity index (χ1v) is 5.70. The minimum atomic E-state index is -0.0574. The van der Waals surface area contributed by atoms with E-state index in [1.807, 2.05) is 12.1 Å². The van der Waals surface area contributed by atoms with Crippen LogP contribution in [0.1, 0.15) is 12.8 Å². The van der Waals surface area contributed by atoms with Crippen LogP contribution in [0.25, 0.3) is 0 Å². The second-order valence-electron chi connectivity index (χ2n) is 3.77. The van der Waals surface area contributed by atoms with Crippen molar-refractivity contribution in [1.82, 2.24) is 0 Å². The quantitative estimate of drug-likeness (QED) is 0.872. The summed E-state index contributed by atoms with van der Waals surface area (Å²) >= 11 is 0. The predicted molar refractivity (Wildman–Crippen MR) is 71.6 cm³/mol. The Balaban J connectivity index is 0.00000162. The molecule has 0 saturated heterocycles. The fourth-order valence-electron chi connectivity index (χ4n) is 1.65. The number of nitrogens with one attached hydrogen (secondary N) is 1. The van der Waals surface area contributed by atoms with Gasteiger partial charge in [-0.05, 0) is 25.1 Å². The fourth-order valence-corrected chi connectivity index (χ4v) is 1.65. The van der Waals surface area contributed by atoms with Crippen LogP contribution < -0.4 is 20.5 Å². The van der Waals surface area contributed by atoms with Crippen LogP contribution in [-0.4, -0.2) is 25.7 Å². The maximum Gasteiger partial charge on any atom is 0.224 e. The monoisotopic (exact) mass is 272 g/mol. The zero-order valence-electron chi connectivity index (χ0n) is 9.98. The Morgan fingerprint density at radius 3 is 2.89 bits per heavy atom. The summed E-state index contributed by atoms with van der Waals surface area (Å²) in [7, 11) is 0. The summed E-state index contributed by atoms with van der Waals surface area (Å²) in [6, 6.07) is 5.45. The minimum absolute atomic E-state index is 0. The maximum absolute atomic E-state index is 11.6. The van der Waals surface area contributed by atoms with Gasteiger partial charge in [0.1, 0.15) is 13.2 Å². The van der Waals surface area contributed by atoms with Crippen molar-refractivity contribution in [3.05, 3.63) is 18.2 Å². The second-order valence-corrected chi connectivity index (χ2v) is 3.77. The van der Waals surface area contributed by atoms with Gasteiger partial charge in [-0.2, -0.15) is 0 Å². The molecule has 0 fully saturated rings. The van der Waals surface area contributed by atoms with Gasteiger partial charge in [0.2, 0.25) is 5.91 Å². The molecule has 2 rings (SSSR count). The van der Waals surface area contributed by atoms with Gasteiger partial charge in [-0.3, -0.25) is 4.79 Å². The Hall–Kier alpha value is -1.46. The highest BCUT2D eigenvalue weighted by molar-refractivity contribution is 5.92. The number of hydrogen-bond acceptors (Lipinski definition) is 4. The SMILES string of the molecule is Cl.NCCCC(=O)Nc1cccc2c1OCCO2. The first-order chi connectivity index (χ1) is 8.31. The van der Waals surface area contributed by atoms with Gasteiger partial charge < -0.3 is 20.5 Å². The zero-order valence-corrected chi connectivity index (χ0v) is 10.8. The molecule has 0 saturated carbocycles. The van der Waals surface area contributed by atoms with Gasteiger partial charge in [-0.25, -0.2) is 0 Å². The molecule has 1 heterocycles. The van der Waals surface area contributed by atoms with Crippen molar-refractivity contribution >= 4 is 24.0 Å². The minimum Gasteiger partial charge on any atom is -0.486 e. The molecular formula is C12H17ClN2O3. The molecule has 18 heavy (non-hydrogen) atoms. The Morgan fingerprint density at radius 1 is 1.33 bits per heavy atom. The average molecular weight is 273 g/mol. The van der Waals surface area contributed by atoms with Crippen LogP contribution in [0.5, 0.6) is 11.5 Å². The molecule has 0 aliphatic carbocycles. The molecule has 6 heteroatoms. The Bertz CT molecular complexity index is 412. The normalized spacial score (nSPS) is 12.5. The highest BCUT2D eigenvalue weighted by Crippen LogP contribution is 2.37. The van der Waals surface area contributed by atoms with Crippen molar-refractivity contribution in [2.24, 2.45) is 5.73 Å². The van der Waals surface area contributed by atoms with Crippen LogP contribution in [0, 0.1) is 0 Å². The van der Waals surface area contributed by atoms with Crippen LogP contribution in [0.4, 0.5) is 5.69 Å². The summed E-state index contributed by atoms with van der Waals surface area (Å²) < 4.78 is 10.9. The number of nitrogens with two attached hydrogens (primary N) is 1. The molecule has 0 spiro atoms. The van der Waals surface area contributed by atoms with E-state index in [1.165, 1.54) is 0 Å². The molecule has 3 N–H and O–H groups in total. The lowest BCUT2D eigenvalue weighted by molar-refractivity contribution is -0.116. The van der Waals surface area contributed by atoms with Gasteiger partial charge in [0.25, 0.3) is 0 Å². The van der Waals surface area contributed by atoms with Crippen molar-refractivity contribution in [2.45, 2.75) is 12.8 Å². The molecule has 5 nitrogen and oxygen atoms in total. The number of ether oxygens (including phenoxy) is 2. The molecule has 100 valence electrons. The summed E-state index contributed by atoms with van der Waals surface area (Å²) in [5.74, 6) is 1.23. The molecule has 1 amide bonds. The van der Waals surface area contributed by atoms with E-state index in [0.717, 1.165) is 0 Å². The molecule has 0 unspecified atom stereocenters. The summed E-state index contributed by atoms with van der Waals surface area (Å²) in [5.41, 5.74) is 6.01. The van der Waals surface area contributed by atoms with Crippen LogP contribution in [0.15, 0.2) is 18.2 Å². The predicted octanol–water partition coefficient (Wildman–Crippen LogP) is 1.56. The zero-order chi connectivity index (χ0) is 12.1. The Kier molecular flexibility index (Phi) is 5.74. The number of halogens is 1. The molecule has 1 aliphatic heterocycles. The van der Waals surface area contributed by atoms with E-state index < -0.39 is 0 Å². The number of carbonyl (C=O) groups is 1. The Morgan fingerprint density at radius 2 is 2.11 bits per heavy atom. The number of carbonyl (C=O) groups excluding carboxylic acids is 1. The summed E-state index contributed by atoms with van der Waals surface area (Å²) in [5, 5.41) is 2.81. The highest BCUT2D eigenvalue weighted by Gasteiger charge is 2.16. The molecule has 0 aromatic heterocycles.